The van der Waals surface area contributed by atoms with Gasteiger partial charge in [-0.2, -0.15) is 0 Å². The molecule has 0 radical (unpaired) electrons. The molecule has 3 rings (SSSR count). The van der Waals surface area contributed by atoms with Gasteiger partial charge < -0.3 is 9.47 Å². The molecule has 3 aliphatic rings. The molecule has 0 amide bonds. The fourth-order valence-electron chi connectivity index (χ4n) is 4.29. The Morgan fingerprint density at radius 1 is 0.684 bits per heavy atom. The summed E-state index contributed by atoms with van der Waals surface area (Å²) in [7, 11) is 0. The summed E-state index contributed by atoms with van der Waals surface area (Å²) >= 11 is 0. The summed E-state index contributed by atoms with van der Waals surface area (Å²) in [5, 5.41) is 0. The monoisotopic (exact) mass is 264 g/mol. The van der Waals surface area contributed by atoms with Crippen LogP contribution in [0.5, 0.6) is 0 Å². The van der Waals surface area contributed by atoms with Crippen molar-refractivity contribution < 1.29 is 9.47 Å². The maximum atomic E-state index is 6.18. The predicted molar refractivity (Wildman–Crippen MR) is 76.9 cm³/mol. The van der Waals surface area contributed by atoms with Crippen molar-refractivity contribution in [1.29, 1.82) is 0 Å². The van der Waals surface area contributed by atoms with Gasteiger partial charge >= 0.3 is 0 Å². The Bertz CT molecular complexity index is 264. The minimum absolute atomic E-state index is 0.154. The first kappa shape index (κ1) is 13.6. The maximum absolute atomic E-state index is 6.18. The van der Waals surface area contributed by atoms with E-state index in [2.05, 4.69) is 6.58 Å². The van der Waals surface area contributed by atoms with Gasteiger partial charge in [0.2, 0.25) is 0 Å². The molecule has 0 bridgehead atoms. The molecule has 2 saturated carbocycles. The molecule has 3 fully saturated rings. The zero-order valence-corrected chi connectivity index (χ0v) is 12.1. The first-order valence-corrected chi connectivity index (χ1v) is 8.32. The fourth-order valence-corrected chi connectivity index (χ4v) is 4.29. The summed E-state index contributed by atoms with van der Waals surface area (Å²) in [6.07, 6.45) is 16.0. The van der Waals surface area contributed by atoms with Gasteiger partial charge in [-0.1, -0.05) is 45.1 Å². The molecule has 2 atom stereocenters. The average Bonchev–Trinajstić information content (AvgIpc) is 2.93. The van der Waals surface area contributed by atoms with Crippen LogP contribution < -0.4 is 0 Å². The third kappa shape index (κ3) is 3.05. The minimum Gasteiger partial charge on any atom is -0.343 e. The van der Waals surface area contributed by atoms with Gasteiger partial charge in [-0.05, 0) is 43.6 Å². The lowest BCUT2D eigenvalue weighted by Gasteiger charge is -2.34. The van der Waals surface area contributed by atoms with Crippen LogP contribution >= 0.6 is 0 Å². The van der Waals surface area contributed by atoms with E-state index >= 15 is 0 Å². The van der Waals surface area contributed by atoms with Gasteiger partial charge in [-0.15, -0.1) is 0 Å². The summed E-state index contributed by atoms with van der Waals surface area (Å²) in [6, 6.07) is 0. The first-order chi connectivity index (χ1) is 9.38. The molecule has 0 aromatic rings. The molecule has 2 heteroatoms. The normalized spacial score (nSPS) is 35.6. The van der Waals surface area contributed by atoms with Gasteiger partial charge in [0.25, 0.3) is 0 Å². The van der Waals surface area contributed by atoms with E-state index in [0.29, 0.717) is 12.2 Å². The lowest BCUT2D eigenvalue weighted by molar-refractivity contribution is -0.0430. The Morgan fingerprint density at radius 2 is 1.11 bits per heavy atom. The van der Waals surface area contributed by atoms with Crippen molar-refractivity contribution in [3.63, 3.8) is 0 Å². The number of hydrogen-bond acceptors (Lipinski definition) is 2. The summed E-state index contributed by atoms with van der Waals surface area (Å²) < 4.78 is 12.4. The van der Waals surface area contributed by atoms with E-state index < -0.39 is 0 Å². The van der Waals surface area contributed by atoms with E-state index in [1.165, 1.54) is 64.2 Å². The van der Waals surface area contributed by atoms with Crippen LogP contribution in [0.15, 0.2) is 12.7 Å². The molecule has 1 aliphatic heterocycles. The Kier molecular flexibility index (Phi) is 4.60. The summed E-state index contributed by atoms with van der Waals surface area (Å²) in [5.41, 5.74) is 0. The molecular formula is C17H28O2. The average molecular weight is 264 g/mol. The van der Waals surface area contributed by atoms with E-state index in [4.69, 9.17) is 9.47 Å². The van der Waals surface area contributed by atoms with Crippen LogP contribution in [0.2, 0.25) is 0 Å². The zero-order valence-electron chi connectivity index (χ0n) is 12.1. The van der Waals surface area contributed by atoms with Crippen LogP contribution in [-0.4, -0.2) is 18.5 Å². The Morgan fingerprint density at radius 3 is 1.47 bits per heavy atom. The quantitative estimate of drug-likeness (QED) is 0.701. The van der Waals surface area contributed by atoms with Gasteiger partial charge in [-0.25, -0.2) is 0 Å². The molecule has 0 aromatic heterocycles. The highest BCUT2D eigenvalue weighted by Crippen LogP contribution is 2.41. The summed E-state index contributed by atoms with van der Waals surface area (Å²) in [4.78, 5) is 0. The largest absolute Gasteiger partial charge is 0.343 e. The van der Waals surface area contributed by atoms with Crippen molar-refractivity contribution in [3.05, 3.63) is 12.7 Å². The SMILES string of the molecule is C=CC1O[C@H](C2CCCCC2)[C@@H](C2CCCCC2)O1. The van der Waals surface area contributed by atoms with Gasteiger partial charge in [0.15, 0.2) is 6.29 Å². The molecule has 0 aromatic carbocycles. The second-order valence-electron chi connectivity index (χ2n) is 6.60. The molecule has 0 unspecified atom stereocenters. The van der Waals surface area contributed by atoms with Crippen LogP contribution in [0, 0.1) is 11.8 Å². The molecule has 108 valence electrons. The number of ether oxygens (including phenoxy) is 2. The summed E-state index contributed by atoms with van der Waals surface area (Å²) in [5.74, 6) is 1.45. The second-order valence-corrected chi connectivity index (χ2v) is 6.60. The van der Waals surface area contributed by atoms with E-state index in [-0.39, 0.29) is 6.29 Å². The van der Waals surface area contributed by atoms with Gasteiger partial charge in [0, 0.05) is 0 Å². The zero-order chi connectivity index (χ0) is 13.1. The standard InChI is InChI=1S/C17H28O2/c1-2-15-18-16(13-9-5-3-6-10-13)17(19-15)14-11-7-4-8-12-14/h2,13-17H,1,3-12H2/t16-,17-/m1/s1. The molecule has 1 saturated heterocycles. The van der Waals surface area contributed by atoms with Gasteiger partial charge in [0.1, 0.15) is 0 Å². The molecule has 19 heavy (non-hydrogen) atoms. The molecule has 1 heterocycles. The van der Waals surface area contributed by atoms with E-state index in [1.54, 1.807) is 0 Å². The van der Waals surface area contributed by atoms with Crippen molar-refractivity contribution in [2.45, 2.75) is 82.7 Å². The predicted octanol–water partition coefficient (Wildman–Crippen LogP) is 4.44. The maximum Gasteiger partial charge on any atom is 0.177 e. The molecule has 0 N–H and O–H groups in total. The highest BCUT2D eigenvalue weighted by molar-refractivity contribution is 4.93. The van der Waals surface area contributed by atoms with Crippen molar-refractivity contribution in [3.8, 4) is 0 Å². The van der Waals surface area contributed by atoms with Crippen LogP contribution in [0.4, 0.5) is 0 Å². The van der Waals surface area contributed by atoms with Crippen molar-refractivity contribution in [2.24, 2.45) is 11.8 Å². The van der Waals surface area contributed by atoms with Crippen LogP contribution in [0.1, 0.15) is 64.2 Å². The number of hydrogen-bond donors (Lipinski definition) is 0. The molecule has 2 aliphatic carbocycles. The molecule has 0 spiro atoms. The second kappa shape index (κ2) is 6.41. The van der Waals surface area contributed by atoms with Gasteiger partial charge in [0.05, 0.1) is 12.2 Å². The van der Waals surface area contributed by atoms with E-state index in [9.17, 15) is 0 Å². The molecule has 2 nitrogen and oxygen atoms in total. The van der Waals surface area contributed by atoms with Crippen LogP contribution in [0.25, 0.3) is 0 Å². The Balaban J connectivity index is 1.68. The smallest absolute Gasteiger partial charge is 0.177 e. The molecular weight excluding hydrogens is 236 g/mol. The highest BCUT2D eigenvalue weighted by atomic mass is 16.7. The third-order valence-corrected chi connectivity index (χ3v) is 5.33. The Hall–Kier alpha value is -0.340. The fraction of sp³-hybridized carbons (Fsp3) is 0.882. The van der Waals surface area contributed by atoms with Crippen LogP contribution in [-0.2, 0) is 9.47 Å². The summed E-state index contributed by atoms with van der Waals surface area (Å²) in [6.45, 7) is 3.85. The van der Waals surface area contributed by atoms with Gasteiger partial charge in [-0.3, -0.25) is 0 Å². The van der Waals surface area contributed by atoms with Crippen LogP contribution in [0.3, 0.4) is 0 Å². The lowest BCUT2D eigenvalue weighted by atomic mass is 9.77. The van der Waals surface area contributed by atoms with E-state index in [0.717, 1.165) is 11.8 Å². The first-order valence-electron chi connectivity index (χ1n) is 8.32. The third-order valence-electron chi connectivity index (χ3n) is 5.33. The lowest BCUT2D eigenvalue weighted by Crippen LogP contribution is -2.38. The van der Waals surface area contributed by atoms with Crippen molar-refractivity contribution in [2.75, 3.05) is 0 Å². The topological polar surface area (TPSA) is 18.5 Å². The van der Waals surface area contributed by atoms with E-state index in [1.807, 2.05) is 6.08 Å². The highest BCUT2D eigenvalue weighted by Gasteiger charge is 2.43. The van der Waals surface area contributed by atoms with Crippen molar-refractivity contribution in [1.82, 2.24) is 0 Å². The number of rotatable bonds is 3. The minimum atomic E-state index is -0.154. The Labute approximate surface area is 117 Å². The van der Waals surface area contributed by atoms with Crippen molar-refractivity contribution >= 4 is 0 Å².